The lowest BCUT2D eigenvalue weighted by Crippen LogP contribution is -2.26. The summed E-state index contributed by atoms with van der Waals surface area (Å²) in [7, 11) is 0. The molecular weight excluding hydrogens is 298 g/mol. The van der Waals surface area contributed by atoms with E-state index in [0.717, 1.165) is 38.6 Å². The molecule has 0 unspecified atom stereocenters. The van der Waals surface area contributed by atoms with Crippen molar-refractivity contribution in [1.82, 2.24) is 14.7 Å². The summed E-state index contributed by atoms with van der Waals surface area (Å²) in [5.41, 5.74) is 3.89. The van der Waals surface area contributed by atoms with E-state index in [4.69, 9.17) is 4.74 Å². The van der Waals surface area contributed by atoms with E-state index in [0.29, 0.717) is 6.04 Å². The number of rotatable bonds is 4. The highest BCUT2D eigenvalue weighted by atomic mass is 16.5. The highest BCUT2D eigenvalue weighted by Crippen LogP contribution is 2.28. The minimum absolute atomic E-state index is 0.467. The summed E-state index contributed by atoms with van der Waals surface area (Å²) in [5.74, 6) is 0. The van der Waals surface area contributed by atoms with Crippen molar-refractivity contribution in [3.8, 4) is 11.3 Å². The third-order valence-corrected chi connectivity index (χ3v) is 5.53. The molecule has 4 heteroatoms. The lowest BCUT2D eigenvalue weighted by atomic mass is 10.1. The summed E-state index contributed by atoms with van der Waals surface area (Å²) < 4.78 is 7.68. The van der Waals surface area contributed by atoms with Crippen molar-refractivity contribution in [2.75, 3.05) is 19.8 Å². The monoisotopic (exact) mass is 325 g/mol. The number of likely N-dealkylation sites (tertiary alicyclic amines) is 1. The second-order valence-corrected chi connectivity index (χ2v) is 7.16. The van der Waals surface area contributed by atoms with E-state index in [1.165, 1.54) is 36.2 Å². The number of hydrogen-bond acceptors (Lipinski definition) is 3. The summed E-state index contributed by atoms with van der Waals surface area (Å²) in [6.45, 7) is 6.34. The standard InChI is InChI=1S/C20H27N3O/c1-16-3-2-12-22(16)15-17-4-6-18(7-5-17)20-8-11-21-23(20)19-9-13-24-14-10-19/h4-8,11,16,19H,2-3,9-10,12-15H2,1H3/t16-/m1/s1. The maximum absolute atomic E-state index is 5.49. The summed E-state index contributed by atoms with van der Waals surface area (Å²) in [6.07, 6.45) is 6.70. The van der Waals surface area contributed by atoms with Crippen LogP contribution in [0.2, 0.25) is 0 Å². The van der Waals surface area contributed by atoms with E-state index in [1.807, 2.05) is 6.20 Å². The molecule has 1 atom stereocenters. The van der Waals surface area contributed by atoms with Gasteiger partial charge in [-0.1, -0.05) is 24.3 Å². The Morgan fingerprint density at radius 3 is 2.58 bits per heavy atom. The number of aromatic nitrogens is 2. The third-order valence-electron chi connectivity index (χ3n) is 5.53. The molecule has 1 aromatic heterocycles. The lowest BCUT2D eigenvalue weighted by molar-refractivity contribution is 0.0667. The fourth-order valence-corrected chi connectivity index (χ4v) is 4.01. The highest BCUT2D eigenvalue weighted by Gasteiger charge is 2.21. The third kappa shape index (κ3) is 3.26. The molecule has 4 rings (SSSR count). The van der Waals surface area contributed by atoms with E-state index in [-0.39, 0.29) is 0 Å². The van der Waals surface area contributed by atoms with Crippen LogP contribution < -0.4 is 0 Å². The van der Waals surface area contributed by atoms with E-state index in [1.54, 1.807) is 0 Å². The first-order valence-corrected chi connectivity index (χ1v) is 9.26. The maximum Gasteiger partial charge on any atom is 0.0685 e. The van der Waals surface area contributed by atoms with Crippen molar-refractivity contribution in [3.63, 3.8) is 0 Å². The molecule has 2 aliphatic rings. The largest absolute Gasteiger partial charge is 0.381 e. The van der Waals surface area contributed by atoms with E-state index in [9.17, 15) is 0 Å². The minimum atomic E-state index is 0.467. The Labute approximate surface area is 144 Å². The van der Waals surface area contributed by atoms with Gasteiger partial charge in [-0.25, -0.2) is 0 Å². The van der Waals surface area contributed by atoms with Gasteiger partial charge in [-0.05, 0) is 56.3 Å². The molecule has 2 fully saturated rings. The zero-order valence-electron chi connectivity index (χ0n) is 14.5. The van der Waals surface area contributed by atoms with E-state index in [2.05, 4.69) is 51.9 Å². The highest BCUT2D eigenvalue weighted by molar-refractivity contribution is 5.59. The van der Waals surface area contributed by atoms with Gasteiger partial charge in [0, 0.05) is 32.0 Å². The van der Waals surface area contributed by atoms with E-state index < -0.39 is 0 Å². The van der Waals surface area contributed by atoms with Crippen LogP contribution in [-0.4, -0.2) is 40.5 Å². The summed E-state index contributed by atoms with van der Waals surface area (Å²) in [4.78, 5) is 2.58. The molecule has 0 spiro atoms. The summed E-state index contributed by atoms with van der Waals surface area (Å²) in [6, 6.07) is 12.4. The Morgan fingerprint density at radius 2 is 1.88 bits per heavy atom. The van der Waals surface area contributed by atoms with Crippen molar-refractivity contribution in [2.45, 2.75) is 51.2 Å². The number of hydrogen-bond donors (Lipinski definition) is 0. The van der Waals surface area contributed by atoms with Gasteiger partial charge in [0.25, 0.3) is 0 Å². The van der Waals surface area contributed by atoms with Gasteiger partial charge in [0.1, 0.15) is 0 Å². The first-order chi connectivity index (χ1) is 11.8. The van der Waals surface area contributed by atoms with Crippen molar-refractivity contribution in [2.24, 2.45) is 0 Å². The summed E-state index contributed by atoms with van der Waals surface area (Å²) >= 11 is 0. The molecule has 2 aliphatic heterocycles. The lowest BCUT2D eigenvalue weighted by Gasteiger charge is -2.24. The topological polar surface area (TPSA) is 30.3 Å². The average molecular weight is 325 g/mol. The second-order valence-electron chi connectivity index (χ2n) is 7.16. The molecule has 0 radical (unpaired) electrons. The molecule has 3 heterocycles. The number of benzene rings is 1. The predicted octanol–water partition coefficient (Wildman–Crippen LogP) is 3.89. The van der Waals surface area contributed by atoms with Crippen molar-refractivity contribution < 1.29 is 4.74 Å². The first-order valence-electron chi connectivity index (χ1n) is 9.26. The van der Waals surface area contributed by atoms with Gasteiger partial charge in [-0.2, -0.15) is 5.10 Å². The molecule has 0 amide bonds. The molecule has 24 heavy (non-hydrogen) atoms. The SMILES string of the molecule is C[C@@H]1CCCN1Cc1ccc(-c2ccnn2C2CCOCC2)cc1. The second kappa shape index (κ2) is 7.08. The molecule has 2 aromatic rings. The average Bonchev–Trinajstić information content (AvgIpc) is 3.26. The Hall–Kier alpha value is -1.65. The van der Waals surface area contributed by atoms with Crippen LogP contribution in [0.25, 0.3) is 11.3 Å². The molecule has 0 aliphatic carbocycles. The van der Waals surface area contributed by atoms with Crippen LogP contribution in [0.5, 0.6) is 0 Å². The minimum Gasteiger partial charge on any atom is -0.381 e. The van der Waals surface area contributed by atoms with Gasteiger partial charge >= 0.3 is 0 Å². The molecule has 0 bridgehead atoms. The number of ether oxygens (including phenoxy) is 1. The molecule has 2 saturated heterocycles. The van der Waals surface area contributed by atoms with Crippen molar-refractivity contribution in [3.05, 3.63) is 42.1 Å². The van der Waals surface area contributed by atoms with Crippen LogP contribution in [0, 0.1) is 0 Å². The summed E-state index contributed by atoms with van der Waals surface area (Å²) in [5, 5.41) is 4.58. The molecule has 128 valence electrons. The van der Waals surface area contributed by atoms with Crippen molar-refractivity contribution in [1.29, 1.82) is 0 Å². The molecule has 0 N–H and O–H groups in total. The van der Waals surface area contributed by atoms with E-state index >= 15 is 0 Å². The Morgan fingerprint density at radius 1 is 1.08 bits per heavy atom. The number of nitrogens with zero attached hydrogens (tertiary/aromatic N) is 3. The molecule has 0 saturated carbocycles. The van der Waals surface area contributed by atoms with Gasteiger partial charge in [-0.3, -0.25) is 9.58 Å². The van der Waals surface area contributed by atoms with Crippen molar-refractivity contribution >= 4 is 0 Å². The molecule has 1 aromatic carbocycles. The van der Waals surface area contributed by atoms with Crippen LogP contribution in [0.3, 0.4) is 0 Å². The Bertz CT molecular complexity index is 658. The van der Waals surface area contributed by atoms with Gasteiger partial charge in [0.15, 0.2) is 0 Å². The fraction of sp³-hybridized carbons (Fsp3) is 0.550. The molecule has 4 nitrogen and oxygen atoms in total. The normalized spacial score (nSPS) is 23.0. The van der Waals surface area contributed by atoms with Crippen LogP contribution in [0.1, 0.15) is 44.2 Å². The zero-order chi connectivity index (χ0) is 16.4. The zero-order valence-corrected chi connectivity index (χ0v) is 14.5. The first kappa shape index (κ1) is 15.9. The quantitative estimate of drug-likeness (QED) is 0.854. The smallest absolute Gasteiger partial charge is 0.0685 e. The van der Waals surface area contributed by atoms with Crippen LogP contribution in [0.15, 0.2) is 36.5 Å². The molecular formula is C20H27N3O. The Balaban J connectivity index is 1.50. The fourth-order valence-electron chi connectivity index (χ4n) is 4.01. The van der Waals surface area contributed by atoms with Gasteiger partial charge in [0.05, 0.1) is 11.7 Å². The predicted molar refractivity (Wildman–Crippen MR) is 95.9 cm³/mol. The van der Waals surface area contributed by atoms with Crippen LogP contribution >= 0.6 is 0 Å². The van der Waals surface area contributed by atoms with Crippen LogP contribution in [-0.2, 0) is 11.3 Å². The van der Waals surface area contributed by atoms with Gasteiger partial charge < -0.3 is 4.74 Å². The van der Waals surface area contributed by atoms with Gasteiger partial charge in [0.2, 0.25) is 0 Å². The van der Waals surface area contributed by atoms with Crippen LogP contribution in [0.4, 0.5) is 0 Å². The van der Waals surface area contributed by atoms with Gasteiger partial charge in [-0.15, -0.1) is 0 Å². The Kier molecular flexibility index (Phi) is 4.67. The maximum atomic E-state index is 5.49.